The highest BCUT2D eigenvalue weighted by molar-refractivity contribution is 6.50. The van der Waals surface area contributed by atoms with Crippen molar-refractivity contribution in [3.63, 3.8) is 0 Å². The number of halogens is 4. The van der Waals surface area contributed by atoms with Crippen LogP contribution in [-0.4, -0.2) is 37.4 Å². The summed E-state index contributed by atoms with van der Waals surface area (Å²) in [6.07, 6.45) is 15.3. The molecule has 0 saturated carbocycles. The SMILES string of the molecule is CCCCC(CCC)[N+](CCCC)(CCCC)CCCC.F[B-](F)(F)F. The first kappa shape index (κ1) is 28.0. The van der Waals surface area contributed by atoms with Gasteiger partial charge in [0.1, 0.15) is 0 Å². The highest BCUT2D eigenvalue weighted by atomic mass is 19.5. The Morgan fingerprint density at radius 3 is 1.19 bits per heavy atom. The molecule has 1 atom stereocenters. The van der Waals surface area contributed by atoms with E-state index in [1.165, 1.54) is 94.7 Å². The smallest absolute Gasteiger partial charge is 0.418 e. The molecule has 0 aromatic carbocycles. The van der Waals surface area contributed by atoms with Gasteiger partial charge in [0, 0.05) is 0 Å². The van der Waals surface area contributed by atoms with Crippen LogP contribution < -0.4 is 0 Å². The molecule has 0 heterocycles. The van der Waals surface area contributed by atoms with Gasteiger partial charge in [-0.3, -0.25) is 0 Å². The molecule has 0 aliphatic rings. The first-order valence-corrected chi connectivity index (χ1v) is 10.9. The zero-order valence-electron chi connectivity index (χ0n) is 18.0. The molecule has 0 aliphatic heterocycles. The lowest BCUT2D eigenvalue weighted by molar-refractivity contribution is -0.952. The molecule has 0 aliphatic carbocycles. The zero-order valence-corrected chi connectivity index (χ0v) is 18.0. The van der Waals surface area contributed by atoms with Gasteiger partial charge in [-0.25, -0.2) is 0 Å². The molecule has 160 valence electrons. The van der Waals surface area contributed by atoms with E-state index in [0.717, 1.165) is 6.04 Å². The molecule has 1 unspecified atom stereocenters. The van der Waals surface area contributed by atoms with Gasteiger partial charge in [-0.2, -0.15) is 0 Å². The maximum absolute atomic E-state index is 9.75. The van der Waals surface area contributed by atoms with E-state index in [4.69, 9.17) is 0 Å². The van der Waals surface area contributed by atoms with Crippen LogP contribution in [0.4, 0.5) is 17.3 Å². The van der Waals surface area contributed by atoms with Gasteiger partial charge >= 0.3 is 7.25 Å². The summed E-state index contributed by atoms with van der Waals surface area (Å²) in [4.78, 5) is 0. The van der Waals surface area contributed by atoms with Gasteiger partial charge in [0.25, 0.3) is 0 Å². The molecule has 1 nitrogen and oxygen atoms in total. The van der Waals surface area contributed by atoms with E-state index < -0.39 is 7.25 Å². The minimum absolute atomic E-state index is 0.930. The first-order chi connectivity index (χ1) is 12.2. The second kappa shape index (κ2) is 16.9. The number of hydrogen-bond acceptors (Lipinski definition) is 0. The van der Waals surface area contributed by atoms with E-state index in [0.29, 0.717) is 0 Å². The number of rotatable bonds is 15. The number of unbranched alkanes of at least 4 members (excludes halogenated alkanes) is 4. The Morgan fingerprint density at radius 2 is 0.923 bits per heavy atom. The molecule has 0 spiro atoms. The quantitative estimate of drug-likeness (QED) is 0.153. The number of hydrogen-bond donors (Lipinski definition) is 0. The largest absolute Gasteiger partial charge is 0.673 e. The van der Waals surface area contributed by atoms with Crippen LogP contribution in [0.2, 0.25) is 0 Å². The topological polar surface area (TPSA) is 0 Å². The molecule has 0 rings (SSSR count). The van der Waals surface area contributed by atoms with Gasteiger partial charge < -0.3 is 21.7 Å². The average Bonchev–Trinajstić information content (AvgIpc) is 2.57. The zero-order chi connectivity index (χ0) is 20.5. The molecule has 0 radical (unpaired) electrons. The standard InChI is InChI=1S/C20H44N.BF4/c1-6-11-16-20(15-10-5)21(17-12-7-2,18-13-8-3)19-14-9-4;2-1(3,4)5/h20H,6-19H2,1-5H3;/q+1;-1. The van der Waals surface area contributed by atoms with Gasteiger partial charge in [0.15, 0.2) is 0 Å². The Morgan fingerprint density at radius 1 is 0.577 bits per heavy atom. The minimum atomic E-state index is -6.00. The van der Waals surface area contributed by atoms with Gasteiger partial charge in [0.2, 0.25) is 0 Å². The summed E-state index contributed by atoms with van der Waals surface area (Å²) in [5.41, 5.74) is 0. The molecule has 0 saturated heterocycles. The maximum atomic E-state index is 9.75. The lowest BCUT2D eigenvalue weighted by Gasteiger charge is -2.46. The average molecular weight is 385 g/mol. The van der Waals surface area contributed by atoms with Crippen molar-refractivity contribution in [1.82, 2.24) is 0 Å². The van der Waals surface area contributed by atoms with Crippen molar-refractivity contribution < 1.29 is 21.7 Å². The Kier molecular flexibility index (Phi) is 18.2. The molecule has 0 aromatic rings. The Labute approximate surface area is 160 Å². The Balaban J connectivity index is 0. The molecule has 0 fully saturated rings. The van der Waals surface area contributed by atoms with Crippen LogP contribution >= 0.6 is 0 Å². The second-order valence-corrected chi connectivity index (χ2v) is 7.53. The van der Waals surface area contributed by atoms with Crippen molar-refractivity contribution in [3.8, 4) is 0 Å². The van der Waals surface area contributed by atoms with Gasteiger partial charge in [0.05, 0.1) is 25.7 Å². The summed E-state index contributed by atoms with van der Waals surface area (Å²) in [6, 6.07) is 0.930. The fourth-order valence-electron chi connectivity index (χ4n) is 3.77. The second-order valence-electron chi connectivity index (χ2n) is 7.53. The van der Waals surface area contributed by atoms with Gasteiger partial charge in [-0.1, -0.05) is 66.7 Å². The summed E-state index contributed by atoms with van der Waals surface area (Å²) >= 11 is 0. The fraction of sp³-hybridized carbons (Fsp3) is 1.00. The molecule has 0 N–H and O–H groups in total. The summed E-state index contributed by atoms with van der Waals surface area (Å²) in [5, 5.41) is 0. The predicted octanol–water partition coefficient (Wildman–Crippen LogP) is 7.86. The molecule has 6 heteroatoms. The lowest BCUT2D eigenvalue weighted by atomic mass is 9.97. The third-order valence-corrected chi connectivity index (χ3v) is 5.16. The molecular formula is C20H44BF4N. The highest BCUT2D eigenvalue weighted by Gasteiger charge is 2.34. The third-order valence-electron chi connectivity index (χ3n) is 5.16. The fourth-order valence-corrected chi connectivity index (χ4v) is 3.77. The van der Waals surface area contributed by atoms with Crippen molar-refractivity contribution in [1.29, 1.82) is 0 Å². The summed E-state index contributed by atoms with van der Waals surface area (Å²) in [7, 11) is -6.00. The molecule has 0 aromatic heterocycles. The van der Waals surface area contributed by atoms with Crippen molar-refractivity contribution in [3.05, 3.63) is 0 Å². The number of quaternary nitrogens is 1. The first-order valence-electron chi connectivity index (χ1n) is 10.9. The van der Waals surface area contributed by atoms with E-state index in [2.05, 4.69) is 34.6 Å². The Bertz CT molecular complexity index is 270. The number of nitrogens with zero attached hydrogens (tertiary/aromatic N) is 1. The van der Waals surface area contributed by atoms with Crippen molar-refractivity contribution >= 4 is 7.25 Å². The maximum Gasteiger partial charge on any atom is 0.673 e. The third kappa shape index (κ3) is 16.0. The van der Waals surface area contributed by atoms with Crippen LogP contribution in [0.3, 0.4) is 0 Å². The van der Waals surface area contributed by atoms with Crippen LogP contribution in [0.1, 0.15) is 105 Å². The minimum Gasteiger partial charge on any atom is -0.418 e. The van der Waals surface area contributed by atoms with Crippen molar-refractivity contribution in [2.45, 2.75) is 111 Å². The predicted molar refractivity (Wildman–Crippen MR) is 108 cm³/mol. The van der Waals surface area contributed by atoms with Crippen LogP contribution in [0.25, 0.3) is 0 Å². The summed E-state index contributed by atoms with van der Waals surface area (Å²) < 4.78 is 40.4. The normalized spacial score (nSPS) is 13.3. The van der Waals surface area contributed by atoms with Crippen LogP contribution in [0.5, 0.6) is 0 Å². The van der Waals surface area contributed by atoms with Crippen LogP contribution in [0.15, 0.2) is 0 Å². The monoisotopic (exact) mass is 385 g/mol. The Hall–Kier alpha value is -0.255. The van der Waals surface area contributed by atoms with Gasteiger partial charge in [-0.05, 0) is 38.5 Å². The van der Waals surface area contributed by atoms with E-state index in [-0.39, 0.29) is 0 Å². The molecular weight excluding hydrogens is 341 g/mol. The van der Waals surface area contributed by atoms with Crippen molar-refractivity contribution in [2.24, 2.45) is 0 Å². The van der Waals surface area contributed by atoms with E-state index in [9.17, 15) is 17.3 Å². The van der Waals surface area contributed by atoms with Gasteiger partial charge in [-0.15, -0.1) is 0 Å². The summed E-state index contributed by atoms with van der Waals surface area (Å²) in [5.74, 6) is 0. The van der Waals surface area contributed by atoms with E-state index >= 15 is 0 Å². The molecule has 0 bridgehead atoms. The van der Waals surface area contributed by atoms with Crippen LogP contribution in [0, 0.1) is 0 Å². The van der Waals surface area contributed by atoms with E-state index in [1.54, 1.807) is 0 Å². The van der Waals surface area contributed by atoms with Crippen molar-refractivity contribution in [2.75, 3.05) is 19.6 Å². The van der Waals surface area contributed by atoms with Crippen LogP contribution in [-0.2, 0) is 0 Å². The van der Waals surface area contributed by atoms with E-state index in [1.807, 2.05) is 0 Å². The molecule has 26 heavy (non-hydrogen) atoms. The lowest BCUT2D eigenvalue weighted by Crippen LogP contribution is -2.57. The summed E-state index contributed by atoms with van der Waals surface area (Å²) in [6.45, 7) is 16.1. The molecule has 0 amide bonds. The highest BCUT2D eigenvalue weighted by Crippen LogP contribution is 2.26.